The Labute approximate surface area is 125 Å². The van der Waals surface area contributed by atoms with E-state index in [0.717, 1.165) is 24.8 Å². The SMILES string of the molecule is CC1CN(C(=O)CC2CCCCCC2)CC(CBr)O1. The Kier molecular flexibility index (Phi) is 6.14. The summed E-state index contributed by atoms with van der Waals surface area (Å²) >= 11 is 3.46. The van der Waals surface area contributed by atoms with Gasteiger partial charge in [0.15, 0.2) is 0 Å². The molecule has 1 aliphatic heterocycles. The lowest BCUT2D eigenvalue weighted by Gasteiger charge is -2.36. The summed E-state index contributed by atoms with van der Waals surface area (Å²) in [5, 5.41) is 0.810. The van der Waals surface area contributed by atoms with E-state index in [4.69, 9.17) is 4.74 Å². The number of carbonyl (C=O) groups is 1. The molecule has 1 heterocycles. The average Bonchev–Trinajstić information content (AvgIpc) is 2.66. The molecule has 0 radical (unpaired) electrons. The first kappa shape index (κ1) is 15.3. The van der Waals surface area contributed by atoms with Crippen LogP contribution in [-0.4, -0.2) is 41.4 Å². The van der Waals surface area contributed by atoms with Crippen molar-refractivity contribution in [2.45, 2.75) is 64.1 Å². The first-order valence-electron chi connectivity index (χ1n) is 7.68. The third-order valence-corrected chi connectivity index (χ3v) is 5.01. The van der Waals surface area contributed by atoms with Crippen LogP contribution in [0.1, 0.15) is 51.9 Å². The number of rotatable bonds is 3. The van der Waals surface area contributed by atoms with E-state index in [1.807, 2.05) is 4.90 Å². The third-order valence-electron chi connectivity index (χ3n) is 4.29. The van der Waals surface area contributed by atoms with Gasteiger partial charge in [-0.2, -0.15) is 0 Å². The summed E-state index contributed by atoms with van der Waals surface area (Å²) in [6.45, 7) is 3.57. The van der Waals surface area contributed by atoms with E-state index in [-0.39, 0.29) is 12.2 Å². The molecule has 2 atom stereocenters. The first-order chi connectivity index (χ1) is 9.19. The molecule has 0 aromatic rings. The summed E-state index contributed by atoms with van der Waals surface area (Å²) in [6, 6.07) is 0. The van der Waals surface area contributed by atoms with Gasteiger partial charge in [-0.25, -0.2) is 0 Å². The van der Waals surface area contributed by atoms with Crippen molar-refractivity contribution in [1.29, 1.82) is 0 Å². The van der Waals surface area contributed by atoms with Crippen molar-refractivity contribution in [2.75, 3.05) is 18.4 Å². The van der Waals surface area contributed by atoms with Crippen molar-refractivity contribution in [1.82, 2.24) is 4.90 Å². The molecule has 0 bridgehead atoms. The van der Waals surface area contributed by atoms with Crippen molar-refractivity contribution in [3.8, 4) is 0 Å². The van der Waals surface area contributed by atoms with Crippen molar-refractivity contribution in [2.24, 2.45) is 5.92 Å². The fourth-order valence-corrected chi connectivity index (χ4v) is 3.64. The molecule has 1 aliphatic carbocycles. The second kappa shape index (κ2) is 7.63. The van der Waals surface area contributed by atoms with Crippen LogP contribution in [0.3, 0.4) is 0 Å². The summed E-state index contributed by atoms with van der Waals surface area (Å²) < 4.78 is 5.79. The molecule has 4 heteroatoms. The average molecular weight is 332 g/mol. The maximum absolute atomic E-state index is 12.4. The largest absolute Gasteiger partial charge is 0.371 e. The second-order valence-electron chi connectivity index (χ2n) is 6.08. The highest BCUT2D eigenvalue weighted by molar-refractivity contribution is 9.09. The van der Waals surface area contributed by atoms with Crippen LogP contribution in [0.15, 0.2) is 0 Å². The predicted molar refractivity (Wildman–Crippen MR) is 80.5 cm³/mol. The highest BCUT2D eigenvalue weighted by atomic mass is 79.9. The number of carbonyl (C=O) groups excluding carboxylic acids is 1. The fraction of sp³-hybridized carbons (Fsp3) is 0.933. The molecule has 110 valence electrons. The van der Waals surface area contributed by atoms with E-state index < -0.39 is 0 Å². The van der Waals surface area contributed by atoms with Crippen LogP contribution in [0, 0.1) is 5.92 Å². The van der Waals surface area contributed by atoms with Gasteiger partial charge in [0.2, 0.25) is 5.91 Å². The molecule has 0 aromatic carbocycles. The second-order valence-corrected chi connectivity index (χ2v) is 6.73. The van der Waals surface area contributed by atoms with E-state index in [1.54, 1.807) is 0 Å². The predicted octanol–water partition coefficient (Wildman–Crippen LogP) is 3.36. The summed E-state index contributed by atoms with van der Waals surface area (Å²) in [7, 11) is 0. The van der Waals surface area contributed by atoms with Gasteiger partial charge in [0, 0.05) is 24.8 Å². The van der Waals surface area contributed by atoms with Gasteiger partial charge in [-0.1, -0.05) is 41.6 Å². The van der Waals surface area contributed by atoms with E-state index in [0.29, 0.717) is 11.8 Å². The lowest BCUT2D eigenvalue weighted by molar-refractivity contribution is -0.143. The molecule has 2 unspecified atom stereocenters. The van der Waals surface area contributed by atoms with Gasteiger partial charge in [0.25, 0.3) is 0 Å². The maximum atomic E-state index is 12.4. The molecule has 1 saturated heterocycles. The van der Waals surface area contributed by atoms with Crippen LogP contribution in [-0.2, 0) is 9.53 Å². The number of amides is 1. The number of ether oxygens (including phenoxy) is 1. The van der Waals surface area contributed by atoms with Crippen LogP contribution in [0.2, 0.25) is 0 Å². The lowest BCUT2D eigenvalue weighted by atomic mass is 9.96. The minimum atomic E-state index is 0.154. The van der Waals surface area contributed by atoms with Gasteiger partial charge < -0.3 is 9.64 Å². The van der Waals surface area contributed by atoms with Crippen molar-refractivity contribution in [3.63, 3.8) is 0 Å². The molecule has 2 aliphatic rings. The number of morpholine rings is 1. The van der Waals surface area contributed by atoms with Crippen LogP contribution in [0.25, 0.3) is 0 Å². The number of alkyl halides is 1. The van der Waals surface area contributed by atoms with Gasteiger partial charge in [-0.05, 0) is 25.7 Å². The van der Waals surface area contributed by atoms with Crippen molar-refractivity contribution < 1.29 is 9.53 Å². The Hall–Kier alpha value is -0.0900. The van der Waals surface area contributed by atoms with Gasteiger partial charge in [-0.3, -0.25) is 4.79 Å². The zero-order valence-corrected chi connectivity index (χ0v) is 13.5. The Balaban J connectivity index is 1.84. The zero-order chi connectivity index (χ0) is 13.7. The summed E-state index contributed by atoms with van der Waals surface area (Å²) in [4.78, 5) is 14.5. The van der Waals surface area contributed by atoms with Gasteiger partial charge >= 0.3 is 0 Å². The van der Waals surface area contributed by atoms with Crippen LogP contribution in [0.4, 0.5) is 0 Å². The smallest absolute Gasteiger partial charge is 0.223 e. The molecule has 2 rings (SSSR count). The summed E-state index contributed by atoms with van der Waals surface area (Å²) in [5.74, 6) is 0.962. The standard InChI is InChI=1S/C15H26BrNO2/c1-12-10-17(11-14(9-16)19-12)15(18)8-13-6-4-2-3-5-7-13/h12-14H,2-11H2,1H3. The number of hydrogen-bond acceptors (Lipinski definition) is 2. The third kappa shape index (κ3) is 4.75. The Morgan fingerprint density at radius 2 is 1.89 bits per heavy atom. The molecular weight excluding hydrogens is 306 g/mol. The normalized spacial score (nSPS) is 30.1. The Morgan fingerprint density at radius 3 is 2.53 bits per heavy atom. The van der Waals surface area contributed by atoms with Crippen molar-refractivity contribution in [3.05, 3.63) is 0 Å². The van der Waals surface area contributed by atoms with E-state index in [1.165, 1.54) is 38.5 Å². The minimum Gasteiger partial charge on any atom is -0.371 e. The molecule has 0 N–H and O–H groups in total. The van der Waals surface area contributed by atoms with Crippen LogP contribution < -0.4 is 0 Å². The highest BCUT2D eigenvalue weighted by Crippen LogP contribution is 2.26. The van der Waals surface area contributed by atoms with Crippen molar-refractivity contribution >= 4 is 21.8 Å². The molecule has 2 fully saturated rings. The molecule has 0 aromatic heterocycles. The minimum absolute atomic E-state index is 0.154. The summed E-state index contributed by atoms with van der Waals surface area (Å²) in [5.41, 5.74) is 0. The molecule has 1 amide bonds. The Bertz CT molecular complexity index is 290. The Morgan fingerprint density at radius 1 is 1.21 bits per heavy atom. The van der Waals surface area contributed by atoms with Crippen LogP contribution >= 0.6 is 15.9 Å². The summed E-state index contributed by atoms with van der Waals surface area (Å²) in [6.07, 6.45) is 8.87. The number of hydrogen-bond donors (Lipinski definition) is 0. The zero-order valence-electron chi connectivity index (χ0n) is 11.9. The maximum Gasteiger partial charge on any atom is 0.223 e. The molecule has 0 spiro atoms. The molecular formula is C15H26BrNO2. The fourth-order valence-electron chi connectivity index (χ4n) is 3.28. The topological polar surface area (TPSA) is 29.5 Å². The van der Waals surface area contributed by atoms with Gasteiger partial charge in [0.05, 0.1) is 12.2 Å². The lowest BCUT2D eigenvalue weighted by Crippen LogP contribution is -2.50. The highest BCUT2D eigenvalue weighted by Gasteiger charge is 2.29. The first-order valence-corrected chi connectivity index (χ1v) is 8.80. The molecule has 3 nitrogen and oxygen atoms in total. The van der Waals surface area contributed by atoms with E-state index in [9.17, 15) is 4.79 Å². The quantitative estimate of drug-likeness (QED) is 0.586. The number of nitrogens with zero attached hydrogens (tertiary/aromatic N) is 1. The molecule has 1 saturated carbocycles. The monoisotopic (exact) mass is 331 g/mol. The van der Waals surface area contributed by atoms with Gasteiger partial charge in [0.1, 0.15) is 0 Å². The van der Waals surface area contributed by atoms with Gasteiger partial charge in [-0.15, -0.1) is 0 Å². The number of halogens is 1. The molecule has 19 heavy (non-hydrogen) atoms. The van der Waals surface area contributed by atoms with E-state index >= 15 is 0 Å². The van der Waals surface area contributed by atoms with E-state index in [2.05, 4.69) is 22.9 Å². The van der Waals surface area contributed by atoms with Crippen LogP contribution in [0.5, 0.6) is 0 Å².